The summed E-state index contributed by atoms with van der Waals surface area (Å²) in [6.07, 6.45) is 0. The van der Waals surface area contributed by atoms with Crippen LogP contribution in [0.2, 0.25) is 0 Å². The largest absolute Gasteiger partial charge is 0.310 e. The van der Waals surface area contributed by atoms with Gasteiger partial charge < -0.3 is 4.90 Å². The van der Waals surface area contributed by atoms with Crippen LogP contribution in [-0.4, -0.2) is 0 Å². The summed E-state index contributed by atoms with van der Waals surface area (Å²) in [7, 11) is 0. The molecule has 0 saturated carbocycles. The highest BCUT2D eigenvalue weighted by Crippen LogP contribution is 2.39. The zero-order valence-electron chi connectivity index (χ0n) is 29.2. The van der Waals surface area contributed by atoms with E-state index in [9.17, 15) is 0 Å². The second kappa shape index (κ2) is 13.0. The molecule has 53 heavy (non-hydrogen) atoms. The number of benzene rings is 10. The lowest BCUT2D eigenvalue weighted by Crippen LogP contribution is -2.10. The van der Waals surface area contributed by atoms with Gasteiger partial charge in [0.2, 0.25) is 0 Å². The van der Waals surface area contributed by atoms with Crippen molar-refractivity contribution < 1.29 is 0 Å². The summed E-state index contributed by atoms with van der Waals surface area (Å²) in [5.74, 6) is 0. The fourth-order valence-corrected chi connectivity index (χ4v) is 7.89. The van der Waals surface area contributed by atoms with Crippen LogP contribution in [0.4, 0.5) is 17.1 Å². The monoisotopic (exact) mass is 673 g/mol. The highest BCUT2D eigenvalue weighted by atomic mass is 15.1. The molecule has 0 spiro atoms. The molecule has 0 bridgehead atoms. The van der Waals surface area contributed by atoms with Gasteiger partial charge in [0.15, 0.2) is 0 Å². The second-order valence-electron chi connectivity index (χ2n) is 13.8. The Balaban J connectivity index is 1.03. The number of hydrogen-bond acceptors (Lipinski definition) is 1. The normalized spacial score (nSPS) is 11.4. The maximum atomic E-state index is 2.36. The molecule has 0 aromatic heterocycles. The van der Waals surface area contributed by atoms with E-state index < -0.39 is 0 Å². The van der Waals surface area contributed by atoms with Crippen molar-refractivity contribution in [1.29, 1.82) is 0 Å². The molecule has 0 aliphatic carbocycles. The molecule has 10 aromatic carbocycles. The summed E-state index contributed by atoms with van der Waals surface area (Å²) in [6, 6.07) is 77.2. The van der Waals surface area contributed by atoms with Crippen molar-refractivity contribution in [2.45, 2.75) is 0 Å². The second-order valence-corrected chi connectivity index (χ2v) is 13.8. The van der Waals surface area contributed by atoms with Crippen LogP contribution in [0.15, 0.2) is 212 Å². The number of anilines is 3. The molecular formula is C52H35N. The third-order valence-electron chi connectivity index (χ3n) is 10.6. The lowest BCUT2D eigenvalue weighted by Gasteiger charge is -2.26. The zero-order chi connectivity index (χ0) is 35.1. The molecule has 10 aromatic rings. The van der Waals surface area contributed by atoms with Crippen LogP contribution in [0, 0.1) is 0 Å². The quantitative estimate of drug-likeness (QED) is 0.159. The Morgan fingerprint density at radius 3 is 1.38 bits per heavy atom. The van der Waals surface area contributed by atoms with Gasteiger partial charge in [-0.3, -0.25) is 0 Å². The molecule has 0 N–H and O–H groups in total. The molecule has 0 unspecified atom stereocenters. The van der Waals surface area contributed by atoms with Crippen LogP contribution in [0.25, 0.3) is 76.5 Å². The average molecular weight is 674 g/mol. The summed E-state index contributed by atoms with van der Waals surface area (Å²) in [5.41, 5.74) is 10.5. The van der Waals surface area contributed by atoms with Crippen LogP contribution in [0.5, 0.6) is 0 Å². The first kappa shape index (κ1) is 30.8. The van der Waals surface area contributed by atoms with Crippen LogP contribution < -0.4 is 4.90 Å². The molecular weight excluding hydrogens is 639 g/mol. The van der Waals surface area contributed by atoms with E-state index in [4.69, 9.17) is 0 Å². The molecule has 0 aliphatic heterocycles. The summed E-state index contributed by atoms with van der Waals surface area (Å²) >= 11 is 0. The number of rotatable bonds is 6. The van der Waals surface area contributed by atoms with Crippen LogP contribution in [0.1, 0.15) is 0 Å². The molecule has 0 heterocycles. The first-order valence-corrected chi connectivity index (χ1v) is 18.2. The molecule has 0 atom stereocenters. The molecule has 248 valence electrons. The van der Waals surface area contributed by atoms with Gasteiger partial charge in [0.25, 0.3) is 0 Å². The lowest BCUT2D eigenvalue weighted by molar-refractivity contribution is 1.28. The fraction of sp³-hybridized carbons (Fsp3) is 0. The summed E-state index contributed by atoms with van der Waals surface area (Å²) in [4.78, 5) is 2.36. The first-order chi connectivity index (χ1) is 26.2. The Kier molecular flexibility index (Phi) is 7.55. The summed E-state index contributed by atoms with van der Waals surface area (Å²) < 4.78 is 0. The van der Waals surface area contributed by atoms with E-state index >= 15 is 0 Å². The Morgan fingerprint density at radius 1 is 0.208 bits per heavy atom. The fourth-order valence-electron chi connectivity index (χ4n) is 7.89. The van der Waals surface area contributed by atoms with Crippen molar-refractivity contribution >= 4 is 60.2 Å². The van der Waals surface area contributed by atoms with Crippen molar-refractivity contribution in [2.24, 2.45) is 0 Å². The average Bonchev–Trinajstić information content (AvgIpc) is 3.24. The minimum Gasteiger partial charge on any atom is -0.310 e. The van der Waals surface area contributed by atoms with E-state index in [0.29, 0.717) is 0 Å². The molecule has 0 aliphatic rings. The van der Waals surface area contributed by atoms with E-state index in [0.717, 1.165) is 17.1 Å². The van der Waals surface area contributed by atoms with Crippen molar-refractivity contribution in [3.63, 3.8) is 0 Å². The highest BCUT2D eigenvalue weighted by molar-refractivity contribution is 6.17. The smallest absolute Gasteiger partial charge is 0.0467 e. The van der Waals surface area contributed by atoms with Gasteiger partial charge in [-0.15, -0.1) is 0 Å². The van der Waals surface area contributed by atoms with Crippen molar-refractivity contribution in [3.8, 4) is 33.4 Å². The molecule has 0 saturated heterocycles. The predicted octanol–water partition coefficient (Wildman–Crippen LogP) is 14.8. The van der Waals surface area contributed by atoms with Crippen molar-refractivity contribution in [1.82, 2.24) is 0 Å². The van der Waals surface area contributed by atoms with Crippen LogP contribution in [0.3, 0.4) is 0 Å². The SMILES string of the molecule is c1ccc(-c2cccc(N(c3ccc(-c4ccc5ccccc5c4)cc3)c3ccc(-c4ccc5c(ccc6c7ccccc7ccc56)c4)cc3)c2)cc1. The molecule has 10 rings (SSSR count). The van der Waals surface area contributed by atoms with E-state index in [-0.39, 0.29) is 0 Å². The van der Waals surface area contributed by atoms with E-state index in [1.165, 1.54) is 76.5 Å². The minimum atomic E-state index is 1.11. The molecule has 0 fully saturated rings. The van der Waals surface area contributed by atoms with Gasteiger partial charge in [-0.25, -0.2) is 0 Å². The Hall–Kier alpha value is -6.96. The molecule has 0 amide bonds. The number of hydrogen-bond donors (Lipinski definition) is 0. The molecule has 0 radical (unpaired) electrons. The predicted molar refractivity (Wildman–Crippen MR) is 227 cm³/mol. The third kappa shape index (κ3) is 5.69. The lowest BCUT2D eigenvalue weighted by atomic mass is 9.95. The summed E-state index contributed by atoms with van der Waals surface area (Å²) in [5, 5.41) is 10.2. The number of fused-ring (bicyclic) bond motifs is 6. The van der Waals surface area contributed by atoms with Crippen molar-refractivity contribution in [3.05, 3.63) is 212 Å². The summed E-state index contributed by atoms with van der Waals surface area (Å²) in [6.45, 7) is 0. The van der Waals surface area contributed by atoms with Gasteiger partial charge in [-0.2, -0.15) is 0 Å². The Bertz CT molecular complexity index is 2920. The Labute approximate surface area is 309 Å². The van der Waals surface area contributed by atoms with Crippen LogP contribution in [-0.2, 0) is 0 Å². The van der Waals surface area contributed by atoms with Gasteiger partial charge >= 0.3 is 0 Å². The topological polar surface area (TPSA) is 3.24 Å². The van der Waals surface area contributed by atoms with Crippen molar-refractivity contribution in [2.75, 3.05) is 4.90 Å². The number of nitrogens with zero attached hydrogens (tertiary/aromatic N) is 1. The maximum absolute atomic E-state index is 2.36. The minimum absolute atomic E-state index is 1.11. The van der Waals surface area contributed by atoms with E-state index in [2.05, 4.69) is 217 Å². The highest BCUT2D eigenvalue weighted by Gasteiger charge is 2.15. The molecule has 1 heteroatoms. The van der Waals surface area contributed by atoms with Gasteiger partial charge in [-0.1, -0.05) is 164 Å². The van der Waals surface area contributed by atoms with Gasteiger partial charge in [0, 0.05) is 17.1 Å². The van der Waals surface area contributed by atoms with Gasteiger partial charge in [0.05, 0.1) is 0 Å². The zero-order valence-corrected chi connectivity index (χ0v) is 29.2. The van der Waals surface area contributed by atoms with Gasteiger partial charge in [0.1, 0.15) is 0 Å². The van der Waals surface area contributed by atoms with Crippen LogP contribution >= 0.6 is 0 Å². The van der Waals surface area contributed by atoms with E-state index in [1.54, 1.807) is 0 Å². The third-order valence-corrected chi connectivity index (χ3v) is 10.6. The molecule has 1 nitrogen and oxygen atoms in total. The standard InChI is InChI=1S/C52H35N/c1-2-9-36(10-3-1)42-14-8-15-48(35-42)53(46-26-19-38(20-27-46)43-18-17-37-11-4-5-13-41(37)33-43)47-28-21-39(22-29-47)44-24-30-50-45(34-44)25-32-51-49-16-7-6-12-40(49)23-31-52(50)51/h1-35H. The van der Waals surface area contributed by atoms with E-state index in [1.807, 2.05) is 0 Å². The Morgan fingerprint density at radius 2 is 0.660 bits per heavy atom. The van der Waals surface area contributed by atoms with Gasteiger partial charge in [-0.05, 0) is 125 Å². The first-order valence-electron chi connectivity index (χ1n) is 18.2. The maximum Gasteiger partial charge on any atom is 0.0467 e.